The molecule has 60 heavy (non-hydrogen) atoms. The van der Waals surface area contributed by atoms with Crippen molar-refractivity contribution in [3.8, 4) is 67.9 Å². The normalized spacial score (nSPS) is 10.8. The van der Waals surface area contributed by atoms with Crippen molar-refractivity contribution in [3.63, 3.8) is 0 Å². The maximum atomic E-state index is 13.9. The van der Waals surface area contributed by atoms with Crippen molar-refractivity contribution in [2.75, 3.05) is 42.7 Å². The van der Waals surface area contributed by atoms with E-state index in [4.69, 9.17) is 28.4 Å². The molecular weight excluding hydrogens is 765 g/mol. The van der Waals surface area contributed by atoms with Gasteiger partial charge in [-0.25, -0.2) is 19.2 Å². The molecule has 12 heteroatoms. The first kappa shape index (κ1) is 40.3. The molecule has 7 aromatic rings. The predicted octanol–water partition coefficient (Wildman–Crippen LogP) is 9.10. The smallest absolute Gasteiger partial charge is 0.340 e. The number of nitrogens with zero attached hydrogens (tertiary/aromatic N) is 2. The highest BCUT2D eigenvalue weighted by molar-refractivity contribution is 6.14. The highest BCUT2D eigenvalue weighted by Crippen LogP contribution is 2.44. The van der Waals surface area contributed by atoms with E-state index in [0.29, 0.717) is 67.9 Å². The van der Waals surface area contributed by atoms with Crippen LogP contribution in [0.25, 0.3) is 56.4 Å². The summed E-state index contributed by atoms with van der Waals surface area (Å²) in [5.74, 6) is -1.80. The topological polar surface area (TPSA) is 134 Å². The van der Waals surface area contributed by atoms with Gasteiger partial charge in [0.1, 0.15) is 33.8 Å². The second kappa shape index (κ2) is 17.3. The van der Waals surface area contributed by atoms with Crippen molar-refractivity contribution in [2.24, 2.45) is 0 Å². The molecule has 0 saturated carbocycles. The van der Waals surface area contributed by atoms with Crippen LogP contribution in [0.5, 0.6) is 11.5 Å². The fourth-order valence-electron chi connectivity index (χ4n) is 7.40. The van der Waals surface area contributed by atoms with Gasteiger partial charge in [-0.1, -0.05) is 60.7 Å². The molecule has 0 radical (unpaired) electrons. The van der Waals surface area contributed by atoms with Crippen molar-refractivity contribution < 1.29 is 47.6 Å². The molecule has 0 bridgehead atoms. The van der Waals surface area contributed by atoms with Crippen LogP contribution in [0.4, 0.5) is 0 Å². The van der Waals surface area contributed by atoms with Gasteiger partial charge in [-0.2, -0.15) is 0 Å². The average molecular weight is 805 g/mol. The highest BCUT2D eigenvalue weighted by atomic mass is 16.5. The number of rotatable bonds is 12. The summed E-state index contributed by atoms with van der Waals surface area (Å²) in [5, 5.41) is 0. The van der Waals surface area contributed by atoms with Crippen LogP contribution in [0, 0.1) is 0 Å². The molecule has 302 valence electrons. The highest BCUT2D eigenvalue weighted by Gasteiger charge is 2.36. The van der Waals surface area contributed by atoms with E-state index in [1.54, 1.807) is 62.8 Å². The fraction of sp³-hybridized carbons (Fsp3) is 0.125. The van der Waals surface area contributed by atoms with Gasteiger partial charge in [0.25, 0.3) is 0 Å². The average Bonchev–Trinajstić information content (AvgIpc) is 3.86. The minimum absolute atomic E-state index is 0.00134. The summed E-state index contributed by atoms with van der Waals surface area (Å²) in [7, 11) is 8.12. The minimum atomic E-state index is -0.747. The van der Waals surface area contributed by atoms with Crippen LogP contribution in [0.2, 0.25) is 0 Å². The Balaban J connectivity index is 1.59. The largest absolute Gasteiger partial charge is 0.497 e. The van der Waals surface area contributed by atoms with Gasteiger partial charge >= 0.3 is 23.9 Å². The van der Waals surface area contributed by atoms with Gasteiger partial charge in [0.15, 0.2) is 0 Å². The number of methoxy groups -OCH3 is 6. The van der Waals surface area contributed by atoms with E-state index in [1.807, 2.05) is 94.1 Å². The Morgan fingerprint density at radius 1 is 0.333 bits per heavy atom. The Bertz CT molecular complexity index is 2510. The molecule has 0 unspecified atom stereocenters. The van der Waals surface area contributed by atoms with Gasteiger partial charge in [-0.3, -0.25) is 0 Å². The number of esters is 4. The SMILES string of the molecule is COC(=O)c1c(C(=O)OC)c(-c2ccc(OC)cc2)n(-c2ccc(-n3c(-c4ccccc4)c(C(=O)OC)c(C(=O)OC)c3-c3ccc(OC)cc3)cc2)c1-c1ccccc1. The Labute approximate surface area is 346 Å². The van der Waals surface area contributed by atoms with E-state index in [-0.39, 0.29) is 22.3 Å². The maximum Gasteiger partial charge on any atom is 0.340 e. The quantitative estimate of drug-likeness (QED) is 0.0870. The molecule has 0 aliphatic rings. The molecule has 7 rings (SSSR count). The number of carbonyl (C=O) groups excluding carboxylic acids is 4. The molecule has 2 heterocycles. The summed E-state index contributed by atoms with van der Waals surface area (Å²) in [6.45, 7) is 0. The molecule has 12 nitrogen and oxygen atoms in total. The maximum absolute atomic E-state index is 13.9. The molecule has 0 saturated heterocycles. The second-order valence-electron chi connectivity index (χ2n) is 13.2. The van der Waals surface area contributed by atoms with Crippen molar-refractivity contribution in [2.45, 2.75) is 0 Å². The predicted molar refractivity (Wildman–Crippen MR) is 225 cm³/mol. The molecule has 2 aromatic heterocycles. The number of hydrogen-bond acceptors (Lipinski definition) is 10. The molecule has 5 aromatic carbocycles. The zero-order valence-electron chi connectivity index (χ0n) is 33.7. The van der Waals surface area contributed by atoms with Crippen molar-refractivity contribution in [3.05, 3.63) is 156 Å². The summed E-state index contributed by atoms with van der Waals surface area (Å²) >= 11 is 0. The Hall–Kier alpha value is -7.86. The molecule has 0 amide bonds. The zero-order valence-corrected chi connectivity index (χ0v) is 33.7. The summed E-state index contributed by atoms with van der Waals surface area (Å²) in [5.41, 5.74) is 5.00. The van der Waals surface area contributed by atoms with Crippen molar-refractivity contribution in [1.29, 1.82) is 0 Å². The lowest BCUT2D eigenvalue weighted by molar-refractivity contribution is 0.0558. The number of benzene rings is 5. The molecule has 0 spiro atoms. The third-order valence-corrected chi connectivity index (χ3v) is 10.1. The van der Waals surface area contributed by atoms with Crippen LogP contribution in [0.15, 0.2) is 133 Å². The van der Waals surface area contributed by atoms with Crippen LogP contribution < -0.4 is 9.47 Å². The summed E-state index contributed by atoms with van der Waals surface area (Å²) in [4.78, 5) is 55.4. The minimum Gasteiger partial charge on any atom is -0.497 e. The lowest BCUT2D eigenvalue weighted by Gasteiger charge is -2.18. The van der Waals surface area contributed by atoms with Gasteiger partial charge in [0.2, 0.25) is 0 Å². The van der Waals surface area contributed by atoms with E-state index in [2.05, 4.69) is 0 Å². The van der Waals surface area contributed by atoms with E-state index >= 15 is 0 Å². The van der Waals surface area contributed by atoms with Crippen LogP contribution in [-0.4, -0.2) is 75.7 Å². The van der Waals surface area contributed by atoms with Crippen LogP contribution >= 0.6 is 0 Å². The van der Waals surface area contributed by atoms with Crippen LogP contribution in [0.1, 0.15) is 41.4 Å². The molecule has 0 aliphatic heterocycles. The summed E-state index contributed by atoms with van der Waals surface area (Å²) < 4.78 is 35.8. The van der Waals surface area contributed by atoms with Crippen LogP contribution in [0.3, 0.4) is 0 Å². The number of carbonyl (C=O) groups is 4. The lowest BCUT2D eigenvalue weighted by atomic mass is 10.0. The van der Waals surface area contributed by atoms with E-state index in [1.165, 1.54) is 28.4 Å². The standard InChI is InChI=1S/C48H40N2O10/c1-55-35-25-17-31(18-26-35)43-39(47(53)59-5)37(45(51)57-3)41(29-13-9-7-10-14-29)49(43)33-21-23-34(24-22-33)50-42(30-15-11-8-12-16-30)38(46(52)58-4)40(48(54)60-6)44(50)32-19-27-36(56-2)28-20-32/h7-28H,1-6H3. The molecule has 0 N–H and O–H groups in total. The van der Waals surface area contributed by atoms with E-state index in [9.17, 15) is 19.2 Å². The number of aromatic nitrogens is 2. The first-order valence-corrected chi connectivity index (χ1v) is 18.6. The van der Waals surface area contributed by atoms with Gasteiger partial charge < -0.3 is 37.6 Å². The summed E-state index contributed by atoms with van der Waals surface area (Å²) in [6, 6.07) is 39.8. The van der Waals surface area contributed by atoms with E-state index < -0.39 is 23.9 Å². The third kappa shape index (κ3) is 7.15. The first-order chi connectivity index (χ1) is 29.2. The van der Waals surface area contributed by atoms with Gasteiger partial charge in [-0.05, 0) is 95.1 Å². The lowest BCUT2D eigenvalue weighted by Crippen LogP contribution is -2.11. The Morgan fingerprint density at radius 2 is 0.583 bits per heavy atom. The fourth-order valence-corrected chi connectivity index (χ4v) is 7.40. The van der Waals surface area contributed by atoms with Crippen LogP contribution in [-0.2, 0) is 18.9 Å². The van der Waals surface area contributed by atoms with Gasteiger partial charge in [0, 0.05) is 11.4 Å². The molecule has 0 fully saturated rings. The Kier molecular flexibility index (Phi) is 11.6. The van der Waals surface area contributed by atoms with Gasteiger partial charge in [0.05, 0.1) is 65.4 Å². The number of ether oxygens (including phenoxy) is 6. The third-order valence-electron chi connectivity index (χ3n) is 10.1. The second-order valence-corrected chi connectivity index (χ2v) is 13.2. The monoisotopic (exact) mass is 804 g/mol. The zero-order chi connectivity index (χ0) is 42.5. The van der Waals surface area contributed by atoms with Gasteiger partial charge in [-0.15, -0.1) is 0 Å². The number of hydrogen-bond donors (Lipinski definition) is 0. The first-order valence-electron chi connectivity index (χ1n) is 18.6. The molecule has 0 atom stereocenters. The van der Waals surface area contributed by atoms with Crippen molar-refractivity contribution >= 4 is 23.9 Å². The van der Waals surface area contributed by atoms with E-state index in [0.717, 1.165) is 0 Å². The summed E-state index contributed by atoms with van der Waals surface area (Å²) in [6.07, 6.45) is 0. The molecular formula is C48H40N2O10. The Morgan fingerprint density at radius 3 is 0.817 bits per heavy atom. The molecule has 0 aliphatic carbocycles. The van der Waals surface area contributed by atoms with Crippen molar-refractivity contribution in [1.82, 2.24) is 9.13 Å².